The van der Waals surface area contributed by atoms with E-state index in [4.69, 9.17) is 11.5 Å². The Morgan fingerprint density at radius 1 is 1.40 bits per heavy atom. The third-order valence-corrected chi connectivity index (χ3v) is 2.35. The lowest BCUT2D eigenvalue weighted by atomic mass is 10.2. The van der Waals surface area contributed by atoms with E-state index in [-0.39, 0.29) is 0 Å². The van der Waals surface area contributed by atoms with Crippen LogP contribution in [0.4, 0.5) is 5.82 Å². The summed E-state index contributed by atoms with van der Waals surface area (Å²) in [4.78, 5) is 0. The van der Waals surface area contributed by atoms with Crippen molar-refractivity contribution in [2.24, 2.45) is 5.73 Å². The highest BCUT2D eigenvalue weighted by atomic mass is 15.3. The Hall–Kier alpha value is -1.81. The highest BCUT2D eigenvalue weighted by molar-refractivity contribution is 5.47. The zero-order chi connectivity index (χ0) is 10.8. The maximum atomic E-state index is 5.92. The second kappa shape index (κ2) is 3.74. The first kappa shape index (κ1) is 9.73. The van der Waals surface area contributed by atoms with Gasteiger partial charge in [0, 0.05) is 12.1 Å². The number of aromatic nitrogens is 2. The van der Waals surface area contributed by atoms with Crippen molar-refractivity contribution < 1.29 is 0 Å². The number of nitrogens with two attached hydrogens (primary N) is 2. The molecule has 0 unspecified atom stereocenters. The summed E-state index contributed by atoms with van der Waals surface area (Å²) >= 11 is 0. The molecule has 78 valence electrons. The summed E-state index contributed by atoms with van der Waals surface area (Å²) in [5.41, 5.74) is 14.5. The monoisotopic (exact) mass is 202 g/mol. The number of nitrogen functional groups attached to an aromatic ring is 1. The maximum Gasteiger partial charge on any atom is 0.131 e. The molecule has 4 N–H and O–H groups in total. The van der Waals surface area contributed by atoms with Crippen molar-refractivity contribution in [3.05, 3.63) is 41.6 Å². The first-order chi connectivity index (χ1) is 7.22. The molecular weight excluding hydrogens is 188 g/mol. The minimum absolute atomic E-state index is 0.414. The van der Waals surface area contributed by atoms with Crippen LogP contribution >= 0.6 is 0 Å². The van der Waals surface area contributed by atoms with Crippen LogP contribution in [-0.4, -0.2) is 9.78 Å². The summed E-state index contributed by atoms with van der Waals surface area (Å²) < 4.78 is 1.70. The molecule has 0 aliphatic heterocycles. The molecule has 0 amide bonds. The molecule has 1 aromatic heterocycles. The lowest BCUT2D eigenvalue weighted by Crippen LogP contribution is -2.05. The molecule has 0 radical (unpaired) electrons. The predicted molar refractivity (Wildman–Crippen MR) is 60.6 cm³/mol. The van der Waals surface area contributed by atoms with E-state index < -0.39 is 0 Å². The fraction of sp³-hybridized carbons (Fsp3) is 0.182. The number of anilines is 1. The van der Waals surface area contributed by atoms with Gasteiger partial charge in [0.05, 0.1) is 11.9 Å². The van der Waals surface area contributed by atoms with Crippen LogP contribution in [-0.2, 0) is 6.54 Å². The number of rotatable bonds is 2. The lowest BCUT2D eigenvalue weighted by Gasteiger charge is -2.05. The van der Waals surface area contributed by atoms with E-state index >= 15 is 0 Å². The third kappa shape index (κ3) is 1.71. The van der Waals surface area contributed by atoms with Gasteiger partial charge in [0.25, 0.3) is 0 Å². The van der Waals surface area contributed by atoms with Crippen LogP contribution in [0.1, 0.15) is 11.1 Å². The van der Waals surface area contributed by atoms with Gasteiger partial charge in [-0.15, -0.1) is 0 Å². The largest absolute Gasteiger partial charge is 0.383 e. The standard InChI is InChI=1S/C11H14N4/c1-8-3-2-4-10(5-8)15-11(13)9(6-12)7-14-15/h2-5,7H,6,12-13H2,1H3. The van der Waals surface area contributed by atoms with Crippen LogP contribution in [0.25, 0.3) is 5.69 Å². The molecule has 2 rings (SSSR count). The van der Waals surface area contributed by atoms with E-state index in [1.807, 2.05) is 31.2 Å². The summed E-state index contributed by atoms with van der Waals surface area (Å²) in [6.07, 6.45) is 1.71. The second-order valence-electron chi connectivity index (χ2n) is 3.51. The maximum absolute atomic E-state index is 5.92. The molecule has 0 saturated carbocycles. The topological polar surface area (TPSA) is 69.9 Å². The van der Waals surface area contributed by atoms with E-state index in [2.05, 4.69) is 5.10 Å². The van der Waals surface area contributed by atoms with Gasteiger partial charge in [-0.1, -0.05) is 12.1 Å². The van der Waals surface area contributed by atoms with Crippen molar-refractivity contribution in [1.29, 1.82) is 0 Å². The van der Waals surface area contributed by atoms with Crippen LogP contribution in [0.15, 0.2) is 30.5 Å². The summed E-state index contributed by atoms with van der Waals surface area (Å²) in [6.45, 7) is 2.45. The van der Waals surface area contributed by atoms with Crippen molar-refractivity contribution >= 4 is 5.82 Å². The molecule has 0 fully saturated rings. The molecule has 1 heterocycles. The van der Waals surface area contributed by atoms with Gasteiger partial charge in [-0.3, -0.25) is 0 Å². The number of hydrogen-bond acceptors (Lipinski definition) is 3. The Morgan fingerprint density at radius 3 is 2.80 bits per heavy atom. The van der Waals surface area contributed by atoms with E-state index in [1.165, 1.54) is 5.56 Å². The van der Waals surface area contributed by atoms with Gasteiger partial charge in [-0.2, -0.15) is 5.10 Å². The van der Waals surface area contributed by atoms with E-state index in [9.17, 15) is 0 Å². The Labute approximate surface area is 88.5 Å². The quantitative estimate of drug-likeness (QED) is 0.769. The molecule has 0 bridgehead atoms. The van der Waals surface area contributed by atoms with Gasteiger partial charge in [-0.05, 0) is 24.6 Å². The minimum Gasteiger partial charge on any atom is -0.383 e. The fourth-order valence-corrected chi connectivity index (χ4v) is 1.51. The number of aryl methyl sites for hydroxylation is 1. The van der Waals surface area contributed by atoms with Gasteiger partial charge in [0.1, 0.15) is 5.82 Å². The van der Waals surface area contributed by atoms with Gasteiger partial charge in [0.2, 0.25) is 0 Å². The normalized spacial score (nSPS) is 10.5. The fourth-order valence-electron chi connectivity index (χ4n) is 1.51. The van der Waals surface area contributed by atoms with Crippen LogP contribution in [0.2, 0.25) is 0 Å². The average Bonchev–Trinajstić information content (AvgIpc) is 2.59. The van der Waals surface area contributed by atoms with Gasteiger partial charge >= 0.3 is 0 Å². The van der Waals surface area contributed by atoms with E-state index in [0.717, 1.165) is 11.3 Å². The number of nitrogens with zero attached hydrogens (tertiary/aromatic N) is 2. The van der Waals surface area contributed by atoms with Gasteiger partial charge in [-0.25, -0.2) is 4.68 Å². The molecule has 0 aliphatic rings. The van der Waals surface area contributed by atoms with Crippen molar-refractivity contribution in [3.63, 3.8) is 0 Å². The molecule has 1 aromatic carbocycles. The third-order valence-electron chi connectivity index (χ3n) is 2.35. The number of benzene rings is 1. The zero-order valence-corrected chi connectivity index (χ0v) is 8.64. The van der Waals surface area contributed by atoms with E-state index in [1.54, 1.807) is 10.9 Å². The highest BCUT2D eigenvalue weighted by Crippen LogP contribution is 2.17. The van der Waals surface area contributed by atoms with Crippen molar-refractivity contribution in [2.75, 3.05) is 5.73 Å². The summed E-state index contributed by atoms with van der Waals surface area (Å²) in [6, 6.07) is 8.02. The van der Waals surface area contributed by atoms with Crippen molar-refractivity contribution in [1.82, 2.24) is 9.78 Å². The molecule has 4 heteroatoms. The van der Waals surface area contributed by atoms with Crippen LogP contribution in [0.3, 0.4) is 0 Å². The summed E-state index contributed by atoms with van der Waals surface area (Å²) in [5.74, 6) is 0.614. The molecule has 0 spiro atoms. The second-order valence-corrected chi connectivity index (χ2v) is 3.51. The number of hydrogen-bond donors (Lipinski definition) is 2. The SMILES string of the molecule is Cc1cccc(-n2ncc(CN)c2N)c1. The zero-order valence-electron chi connectivity index (χ0n) is 8.64. The van der Waals surface area contributed by atoms with Crippen molar-refractivity contribution in [3.8, 4) is 5.69 Å². The Kier molecular flexibility index (Phi) is 2.43. The summed E-state index contributed by atoms with van der Waals surface area (Å²) in [7, 11) is 0. The van der Waals surface area contributed by atoms with Crippen LogP contribution in [0.5, 0.6) is 0 Å². The van der Waals surface area contributed by atoms with E-state index in [0.29, 0.717) is 12.4 Å². The smallest absolute Gasteiger partial charge is 0.131 e. The van der Waals surface area contributed by atoms with Crippen LogP contribution < -0.4 is 11.5 Å². The first-order valence-corrected chi connectivity index (χ1v) is 4.82. The highest BCUT2D eigenvalue weighted by Gasteiger charge is 2.06. The Morgan fingerprint density at radius 2 is 2.20 bits per heavy atom. The first-order valence-electron chi connectivity index (χ1n) is 4.82. The average molecular weight is 202 g/mol. The molecule has 0 atom stereocenters. The van der Waals surface area contributed by atoms with Gasteiger partial charge in [0.15, 0.2) is 0 Å². The minimum atomic E-state index is 0.414. The van der Waals surface area contributed by atoms with Crippen molar-refractivity contribution in [2.45, 2.75) is 13.5 Å². The van der Waals surface area contributed by atoms with Crippen LogP contribution in [0, 0.1) is 6.92 Å². The molecule has 4 nitrogen and oxygen atoms in total. The lowest BCUT2D eigenvalue weighted by molar-refractivity contribution is 0.889. The molecular formula is C11H14N4. The molecule has 2 aromatic rings. The Balaban J connectivity index is 2.49. The predicted octanol–water partition coefficient (Wildman–Crippen LogP) is 1.22. The summed E-state index contributed by atoms with van der Waals surface area (Å²) in [5, 5.41) is 4.21. The molecule has 15 heavy (non-hydrogen) atoms. The molecule has 0 aliphatic carbocycles. The van der Waals surface area contributed by atoms with Gasteiger partial charge < -0.3 is 11.5 Å². The molecule has 0 saturated heterocycles. The Bertz CT molecular complexity index is 473.